The molecule has 0 atom stereocenters. The van der Waals surface area contributed by atoms with Crippen molar-refractivity contribution in [1.82, 2.24) is 10.1 Å². The van der Waals surface area contributed by atoms with Crippen molar-refractivity contribution in [1.29, 1.82) is 0 Å². The van der Waals surface area contributed by atoms with Gasteiger partial charge in [-0.2, -0.15) is 0 Å². The van der Waals surface area contributed by atoms with Gasteiger partial charge in [0.1, 0.15) is 18.1 Å². The topological polar surface area (TPSA) is 103 Å². The number of nitrogens with zero attached hydrogens (tertiary/aromatic N) is 2. The number of rotatable bonds is 6. The molecule has 35 heavy (non-hydrogen) atoms. The maximum Gasteiger partial charge on any atom is 0.253 e. The van der Waals surface area contributed by atoms with Crippen molar-refractivity contribution in [2.45, 2.75) is 33.3 Å². The molecule has 182 valence electrons. The predicted molar refractivity (Wildman–Crippen MR) is 127 cm³/mol. The third-order valence-corrected chi connectivity index (χ3v) is 6.44. The highest BCUT2D eigenvalue weighted by molar-refractivity contribution is 5.95. The molecule has 2 aliphatic heterocycles. The minimum atomic E-state index is -0.158. The highest BCUT2D eigenvalue weighted by Gasteiger charge is 2.28. The largest absolute Gasteiger partial charge is 0.489 e. The number of ether oxygens (including phenoxy) is 3. The normalized spacial score (nSPS) is 15.2. The van der Waals surface area contributed by atoms with E-state index < -0.39 is 0 Å². The van der Waals surface area contributed by atoms with Crippen LogP contribution in [0.5, 0.6) is 17.2 Å². The molecule has 2 aromatic carbocycles. The minimum absolute atomic E-state index is 0.0503. The van der Waals surface area contributed by atoms with Crippen LogP contribution in [-0.4, -0.2) is 41.8 Å². The van der Waals surface area contributed by atoms with Crippen molar-refractivity contribution in [2.75, 3.05) is 25.2 Å². The summed E-state index contributed by atoms with van der Waals surface area (Å²) in [7, 11) is 0. The lowest BCUT2D eigenvalue weighted by Gasteiger charge is -2.31. The molecule has 0 spiro atoms. The quantitative estimate of drug-likeness (QED) is 0.570. The van der Waals surface area contributed by atoms with E-state index in [1.165, 1.54) is 0 Å². The molecule has 1 saturated heterocycles. The van der Waals surface area contributed by atoms with Crippen LogP contribution in [0.1, 0.15) is 40.2 Å². The summed E-state index contributed by atoms with van der Waals surface area (Å²) in [5.74, 6) is 2.35. The van der Waals surface area contributed by atoms with Gasteiger partial charge in [0.15, 0.2) is 11.5 Å². The maximum absolute atomic E-state index is 13.1. The summed E-state index contributed by atoms with van der Waals surface area (Å²) in [5, 5.41) is 6.89. The van der Waals surface area contributed by atoms with Crippen LogP contribution in [0.25, 0.3) is 0 Å². The highest BCUT2D eigenvalue weighted by atomic mass is 16.7. The van der Waals surface area contributed by atoms with Gasteiger partial charge >= 0.3 is 0 Å². The summed E-state index contributed by atoms with van der Waals surface area (Å²) in [6, 6.07) is 12.5. The average Bonchev–Trinajstić information content (AvgIpc) is 3.48. The van der Waals surface area contributed by atoms with Crippen LogP contribution in [0.4, 0.5) is 5.69 Å². The summed E-state index contributed by atoms with van der Waals surface area (Å²) in [5.41, 5.74) is 2.93. The van der Waals surface area contributed by atoms with Crippen molar-refractivity contribution in [3.63, 3.8) is 0 Å². The molecule has 0 bridgehead atoms. The molecule has 3 aromatic rings. The number of aromatic nitrogens is 1. The molecule has 2 amide bonds. The molecule has 9 nitrogen and oxygen atoms in total. The molecule has 1 aromatic heterocycles. The SMILES string of the molecule is Cc1noc(C)c1COc1cccc(C(=O)N2CCC(C(=O)Nc3ccc4c(c3)OCO4)CC2)c1. The molecule has 1 fully saturated rings. The van der Waals surface area contributed by atoms with Gasteiger partial charge in [0, 0.05) is 36.3 Å². The fraction of sp³-hybridized carbons (Fsp3) is 0.346. The van der Waals surface area contributed by atoms with Gasteiger partial charge in [-0.25, -0.2) is 0 Å². The Hall–Kier alpha value is -4.01. The van der Waals surface area contributed by atoms with E-state index in [9.17, 15) is 9.59 Å². The second-order valence-corrected chi connectivity index (χ2v) is 8.74. The van der Waals surface area contributed by atoms with E-state index in [0.29, 0.717) is 61.0 Å². The van der Waals surface area contributed by atoms with Crippen molar-refractivity contribution in [3.05, 3.63) is 65.0 Å². The molecule has 5 rings (SSSR count). The first-order valence-electron chi connectivity index (χ1n) is 11.6. The number of carbonyl (C=O) groups excluding carboxylic acids is 2. The molecule has 9 heteroatoms. The first-order valence-corrected chi connectivity index (χ1v) is 11.6. The van der Waals surface area contributed by atoms with E-state index in [1.54, 1.807) is 35.2 Å². The summed E-state index contributed by atoms with van der Waals surface area (Å²) in [4.78, 5) is 27.6. The summed E-state index contributed by atoms with van der Waals surface area (Å²) in [6.07, 6.45) is 1.20. The standard InChI is InChI=1S/C26H27N3O6/c1-16-22(17(2)35-28-16)14-32-21-5-3-4-19(12-21)26(31)29-10-8-18(9-11-29)25(30)27-20-6-7-23-24(13-20)34-15-33-23/h3-7,12-13,18H,8-11,14-15H2,1-2H3,(H,27,30). The first kappa shape index (κ1) is 22.8. The van der Waals surface area contributed by atoms with Crippen LogP contribution in [0.15, 0.2) is 47.0 Å². The molecule has 0 unspecified atom stereocenters. The van der Waals surface area contributed by atoms with Gasteiger partial charge in [-0.3, -0.25) is 9.59 Å². The van der Waals surface area contributed by atoms with Crippen LogP contribution in [0.2, 0.25) is 0 Å². The van der Waals surface area contributed by atoms with Crippen molar-refractivity contribution >= 4 is 17.5 Å². The molecule has 1 N–H and O–H groups in total. The number of nitrogens with one attached hydrogen (secondary N) is 1. The van der Waals surface area contributed by atoms with Crippen LogP contribution in [0, 0.1) is 19.8 Å². The molecular weight excluding hydrogens is 450 g/mol. The summed E-state index contributed by atoms with van der Waals surface area (Å²) < 4.78 is 21.7. The van der Waals surface area contributed by atoms with E-state index in [1.807, 2.05) is 26.0 Å². The second kappa shape index (κ2) is 9.69. The van der Waals surface area contributed by atoms with Crippen LogP contribution < -0.4 is 19.5 Å². The maximum atomic E-state index is 13.1. The molecule has 0 saturated carbocycles. The number of benzene rings is 2. The number of likely N-dealkylation sites (tertiary alicyclic amines) is 1. The number of hydrogen-bond acceptors (Lipinski definition) is 7. The number of amides is 2. The average molecular weight is 478 g/mol. The Bertz CT molecular complexity index is 1230. The Kier molecular flexibility index (Phi) is 6.31. The fourth-order valence-electron chi connectivity index (χ4n) is 4.33. The van der Waals surface area contributed by atoms with Gasteiger partial charge in [-0.05, 0) is 57.0 Å². The minimum Gasteiger partial charge on any atom is -0.489 e. The Labute approximate surface area is 202 Å². The smallest absolute Gasteiger partial charge is 0.253 e. The first-order chi connectivity index (χ1) is 17.0. The monoisotopic (exact) mass is 477 g/mol. The highest BCUT2D eigenvalue weighted by Crippen LogP contribution is 2.34. The number of aryl methyl sites for hydroxylation is 2. The Morgan fingerprint density at radius 2 is 1.89 bits per heavy atom. The Morgan fingerprint density at radius 1 is 1.09 bits per heavy atom. The van der Waals surface area contributed by atoms with Gasteiger partial charge in [0.2, 0.25) is 12.7 Å². The summed E-state index contributed by atoms with van der Waals surface area (Å²) in [6.45, 7) is 5.26. The van der Waals surface area contributed by atoms with Crippen molar-refractivity contribution < 1.29 is 28.3 Å². The number of fused-ring (bicyclic) bond motifs is 1. The van der Waals surface area contributed by atoms with Crippen LogP contribution in [-0.2, 0) is 11.4 Å². The lowest BCUT2D eigenvalue weighted by atomic mass is 9.95. The van der Waals surface area contributed by atoms with Gasteiger partial charge in [-0.1, -0.05) is 11.2 Å². The lowest BCUT2D eigenvalue weighted by molar-refractivity contribution is -0.121. The zero-order valence-corrected chi connectivity index (χ0v) is 19.7. The number of carbonyl (C=O) groups is 2. The number of anilines is 1. The van der Waals surface area contributed by atoms with Gasteiger partial charge in [0.05, 0.1) is 11.3 Å². The lowest BCUT2D eigenvalue weighted by Crippen LogP contribution is -2.41. The van der Waals surface area contributed by atoms with Gasteiger partial charge < -0.3 is 29.0 Å². The molecule has 2 aliphatic rings. The van der Waals surface area contributed by atoms with E-state index in [4.69, 9.17) is 18.7 Å². The van der Waals surface area contributed by atoms with E-state index in [2.05, 4.69) is 10.5 Å². The fourth-order valence-corrected chi connectivity index (χ4v) is 4.33. The molecule has 0 radical (unpaired) electrons. The van der Waals surface area contributed by atoms with Gasteiger partial charge in [0.25, 0.3) is 5.91 Å². The van der Waals surface area contributed by atoms with E-state index in [-0.39, 0.29) is 24.5 Å². The van der Waals surface area contributed by atoms with Crippen LogP contribution in [0.3, 0.4) is 0 Å². The van der Waals surface area contributed by atoms with E-state index in [0.717, 1.165) is 17.0 Å². The zero-order chi connectivity index (χ0) is 24.4. The second-order valence-electron chi connectivity index (χ2n) is 8.74. The predicted octanol–water partition coefficient (Wildman–Crippen LogP) is 4.09. The summed E-state index contributed by atoms with van der Waals surface area (Å²) >= 11 is 0. The Morgan fingerprint density at radius 3 is 2.66 bits per heavy atom. The number of hydrogen-bond donors (Lipinski definition) is 1. The van der Waals surface area contributed by atoms with Gasteiger partial charge in [-0.15, -0.1) is 0 Å². The molecule has 0 aliphatic carbocycles. The third-order valence-electron chi connectivity index (χ3n) is 6.44. The van der Waals surface area contributed by atoms with E-state index >= 15 is 0 Å². The van der Waals surface area contributed by atoms with Crippen LogP contribution >= 0.6 is 0 Å². The van der Waals surface area contributed by atoms with Crippen molar-refractivity contribution in [3.8, 4) is 17.2 Å². The zero-order valence-electron chi connectivity index (χ0n) is 19.7. The third kappa shape index (κ3) is 4.94. The van der Waals surface area contributed by atoms with Crippen molar-refractivity contribution in [2.24, 2.45) is 5.92 Å². The Balaban J connectivity index is 1.15. The molecule has 3 heterocycles. The number of piperidine rings is 1. The molecular formula is C26H27N3O6.